The van der Waals surface area contributed by atoms with Crippen LogP contribution in [0, 0.1) is 0 Å². The van der Waals surface area contributed by atoms with E-state index >= 15 is 0 Å². The molecule has 1 aliphatic heterocycles. The molecule has 0 atom stereocenters. The molecule has 0 bridgehead atoms. The van der Waals surface area contributed by atoms with Crippen molar-refractivity contribution in [3.8, 4) is 0 Å². The highest BCUT2D eigenvalue weighted by Gasteiger charge is 2.17. The van der Waals surface area contributed by atoms with Gasteiger partial charge in [0, 0.05) is 17.8 Å². The average molecular weight is 331 g/mol. The molecule has 23 heavy (non-hydrogen) atoms. The summed E-state index contributed by atoms with van der Waals surface area (Å²) in [5.41, 5.74) is 2.27. The topological polar surface area (TPSA) is 75.6 Å². The van der Waals surface area contributed by atoms with Gasteiger partial charge in [0.05, 0.1) is 23.7 Å². The number of benzene rings is 1. The SMILES string of the molecule is O=C(O)c1cccc(CCNC(=O)c2cc3c(s2)CCOC3)c1. The van der Waals surface area contributed by atoms with Gasteiger partial charge >= 0.3 is 5.97 Å². The van der Waals surface area contributed by atoms with Gasteiger partial charge in [0.15, 0.2) is 0 Å². The molecule has 0 fully saturated rings. The van der Waals surface area contributed by atoms with Crippen LogP contribution in [0.1, 0.15) is 36.0 Å². The molecule has 1 aliphatic rings. The predicted molar refractivity (Wildman–Crippen MR) is 87.1 cm³/mol. The van der Waals surface area contributed by atoms with Crippen LogP contribution in [-0.2, 0) is 24.2 Å². The molecular weight excluding hydrogens is 314 g/mol. The van der Waals surface area contributed by atoms with Gasteiger partial charge < -0.3 is 15.2 Å². The summed E-state index contributed by atoms with van der Waals surface area (Å²) in [6.07, 6.45) is 1.47. The number of hydrogen-bond acceptors (Lipinski definition) is 4. The largest absolute Gasteiger partial charge is 0.478 e. The van der Waals surface area contributed by atoms with E-state index < -0.39 is 5.97 Å². The molecule has 0 aliphatic carbocycles. The van der Waals surface area contributed by atoms with Crippen molar-refractivity contribution in [2.45, 2.75) is 19.4 Å². The Morgan fingerprint density at radius 2 is 2.17 bits per heavy atom. The number of aromatic carboxylic acids is 1. The summed E-state index contributed by atoms with van der Waals surface area (Å²) in [6, 6.07) is 8.67. The fraction of sp³-hybridized carbons (Fsp3) is 0.294. The number of carbonyl (C=O) groups is 2. The second-order valence-electron chi connectivity index (χ2n) is 5.37. The average Bonchev–Trinajstić information content (AvgIpc) is 2.99. The molecule has 0 saturated heterocycles. The molecule has 3 rings (SSSR count). The normalized spacial score (nSPS) is 13.4. The van der Waals surface area contributed by atoms with E-state index in [0.29, 0.717) is 31.1 Å². The van der Waals surface area contributed by atoms with E-state index in [9.17, 15) is 9.59 Å². The van der Waals surface area contributed by atoms with Crippen molar-refractivity contribution in [2.24, 2.45) is 0 Å². The lowest BCUT2D eigenvalue weighted by molar-refractivity contribution is 0.0696. The second kappa shape index (κ2) is 6.93. The van der Waals surface area contributed by atoms with Crippen LogP contribution in [0.25, 0.3) is 0 Å². The molecule has 0 radical (unpaired) electrons. The van der Waals surface area contributed by atoms with Crippen LogP contribution in [0.2, 0.25) is 0 Å². The van der Waals surface area contributed by atoms with Gasteiger partial charge in [0.25, 0.3) is 5.91 Å². The van der Waals surface area contributed by atoms with Gasteiger partial charge in [-0.05, 0) is 35.7 Å². The van der Waals surface area contributed by atoms with Crippen molar-refractivity contribution >= 4 is 23.2 Å². The van der Waals surface area contributed by atoms with Crippen LogP contribution in [0.5, 0.6) is 0 Å². The van der Waals surface area contributed by atoms with Crippen molar-refractivity contribution in [1.82, 2.24) is 5.32 Å². The van der Waals surface area contributed by atoms with Crippen LogP contribution in [0.3, 0.4) is 0 Å². The Morgan fingerprint density at radius 1 is 1.30 bits per heavy atom. The molecule has 6 heteroatoms. The molecule has 1 aromatic carbocycles. The number of carbonyl (C=O) groups excluding carboxylic acids is 1. The summed E-state index contributed by atoms with van der Waals surface area (Å²) in [7, 11) is 0. The van der Waals surface area contributed by atoms with Gasteiger partial charge in [-0.15, -0.1) is 11.3 Å². The lowest BCUT2D eigenvalue weighted by Gasteiger charge is -2.10. The van der Waals surface area contributed by atoms with Crippen LogP contribution < -0.4 is 5.32 Å². The third-order valence-corrected chi connectivity index (χ3v) is 4.96. The zero-order chi connectivity index (χ0) is 16.2. The lowest BCUT2D eigenvalue weighted by atomic mass is 10.1. The maximum atomic E-state index is 12.2. The Kier molecular flexibility index (Phi) is 4.73. The number of amides is 1. The van der Waals surface area contributed by atoms with Crippen molar-refractivity contribution in [3.63, 3.8) is 0 Å². The summed E-state index contributed by atoms with van der Waals surface area (Å²) in [5.74, 6) is -1.03. The number of ether oxygens (including phenoxy) is 1. The predicted octanol–water partition coefficient (Wildman–Crippen LogP) is 2.49. The highest BCUT2D eigenvalue weighted by Crippen LogP contribution is 2.26. The number of nitrogens with one attached hydrogen (secondary N) is 1. The van der Waals surface area contributed by atoms with E-state index in [4.69, 9.17) is 9.84 Å². The molecule has 0 unspecified atom stereocenters. The van der Waals surface area contributed by atoms with E-state index in [1.807, 2.05) is 12.1 Å². The van der Waals surface area contributed by atoms with Crippen molar-refractivity contribution in [3.05, 3.63) is 56.8 Å². The maximum absolute atomic E-state index is 12.2. The first-order chi connectivity index (χ1) is 11.1. The third-order valence-electron chi connectivity index (χ3n) is 3.72. The first-order valence-corrected chi connectivity index (χ1v) is 8.25. The molecule has 120 valence electrons. The number of thiophene rings is 1. The number of hydrogen-bond donors (Lipinski definition) is 2. The minimum atomic E-state index is -0.942. The molecule has 1 aromatic heterocycles. The van der Waals surface area contributed by atoms with Gasteiger partial charge in [-0.2, -0.15) is 0 Å². The number of carboxylic acid groups (broad SMARTS) is 1. The maximum Gasteiger partial charge on any atom is 0.335 e. The van der Waals surface area contributed by atoms with Crippen LogP contribution in [0.4, 0.5) is 0 Å². The summed E-state index contributed by atoms with van der Waals surface area (Å²) < 4.78 is 5.39. The van der Waals surface area contributed by atoms with Crippen molar-refractivity contribution in [2.75, 3.05) is 13.2 Å². The Morgan fingerprint density at radius 3 is 2.96 bits per heavy atom. The third kappa shape index (κ3) is 3.78. The Bertz CT molecular complexity index is 714. The first-order valence-electron chi connectivity index (χ1n) is 7.43. The molecule has 1 amide bonds. The Balaban J connectivity index is 1.56. The highest BCUT2D eigenvalue weighted by atomic mass is 32.1. The first kappa shape index (κ1) is 15.7. The van der Waals surface area contributed by atoms with E-state index in [-0.39, 0.29) is 11.5 Å². The van der Waals surface area contributed by atoms with Gasteiger partial charge in [-0.25, -0.2) is 4.79 Å². The van der Waals surface area contributed by atoms with E-state index in [1.54, 1.807) is 18.2 Å². The summed E-state index contributed by atoms with van der Waals surface area (Å²) in [6.45, 7) is 1.77. The minimum Gasteiger partial charge on any atom is -0.478 e. The van der Waals surface area contributed by atoms with E-state index in [2.05, 4.69) is 5.32 Å². The lowest BCUT2D eigenvalue weighted by Crippen LogP contribution is -2.24. The van der Waals surface area contributed by atoms with Crippen LogP contribution in [-0.4, -0.2) is 30.1 Å². The van der Waals surface area contributed by atoms with Gasteiger partial charge in [0.2, 0.25) is 0 Å². The number of carboxylic acids is 1. The van der Waals surface area contributed by atoms with Gasteiger partial charge in [-0.3, -0.25) is 4.79 Å². The van der Waals surface area contributed by atoms with E-state index in [0.717, 1.165) is 17.5 Å². The molecule has 2 heterocycles. The molecular formula is C17H17NO4S. The zero-order valence-electron chi connectivity index (χ0n) is 12.5. The standard InChI is InChI=1S/C17H17NO4S/c19-16(15-9-13-10-22-7-5-14(13)23-15)18-6-4-11-2-1-3-12(8-11)17(20)21/h1-3,8-9H,4-7,10H2,(H,18,19)(H,20,21). The Labute approximate surface area is 137 Å². The summed E-state index contributed by atoms with van der Waals surface area (Å²) in [5, 5.41) is 11.9. The number of rotatable bonds is 5. The minimum absolute atomic E-state index is 0.0845. The summed E-state index contributed by atoms with van der Waals surface area (Å²) >= 11 is 1.53. The van der Waals surface area contributed by atoms with Crippen molar-refractivity contribution < 1.29 is 19.4 Å². The monoisotopic (exact) mass is 331 g/mol. The second-order valence-corrected chi connectivity index (χ2v) is 6.51. The molecule has 0 saturated carbocycles. The fourth-order valence-electron chi connectivity index (χ4n) is 2.53. The quantitative estimate of drug-likeness (QED) is 0.882. The smallest absolute Gasteiger partial charge is 0.335 e. The molecule has 5 nitrogen and oxygen atoms in total. The van der Waals surface area contributed by atoms with E-state index in [1.165, 1.54) is 16.2 Å². The fourth-order valence-corrected chi connectivity index (χ4v) is 3.59. The zero-order valence-corrected chi connectivity index (χ0v) is 13.3. The van der Waals surface area contributed by atoms with Gasteiger partial charge in [0.1, 0.15) is 0 Å². The molecule has 0 spiro atoms. The molecule has 2 aromatic rings. The highest BCUT2D eigenvalue weighted by molar-refractivity contribution is 7.14. The van der Waals surface area contributed by atoms with Crippen molar-refractivity contribution in [1.29, 1.82) is 0 Å². The summed E-state index contributed by atoms with van der Waals surface area (Å²) in [4.78, 5) is 25.1. The van der Waals surface area contributed by atoms with Crippen LogP contribution >= 0.6 is 11.3 Å². The van der Waals surface area contributed by atoms with Gasteiger partial charge in [-0.1, -0.05) is 12.1 Å². The molecule has 2 N–H and O–H groups in total. The van der Waals surface area contributed by atoms with Crippen LogP contribution in [0.15, 0.2) is 30.3 Å². The Hall–Kier alpha value is -2.18. The number of fused-ring (bicyclic) bond motifs is 1.